The second kappa shape index (κ2) is 5.00. The van der Waals surface area contributed by atoms with Crippen molar-refractivity contribution in [3.05, 3.63) is 0 Å². The quantitative estimate of drug-likeness (QED) is 0.860. The molecule has 0 spiro atoms. The minimum absolute atomic E-state index is 0.299. The largest absolute Gasteiger partial charge is 0.381 e. The number of hydrogen-bond acceptors (Lipinski definition) is 3. The second-order valence-electron chi connectivity index (χ2n) is 7.78. The summed E-state index contributed by atoms with van der Waals surface area (Å²) in [5.41, 5.74) is -0.299. The number of nitrogens with zero attached hydrogens (tertiary/aromatic N) is 1. The lowest BCUT2D eigenvalue weighted by atomic mass is 9.52. The van der Waals surface area contributed by atoms with E-state index in [2.05, 4.69) is 11.4 Å². The van der Waals surface area contributed by atoms with E-state index in [1.165, 1.54) is 32.1 Å². The molecule has 0 radical (unpaired) electrons. The van der Waals surface area contributed by atoms with Gasteiger partial charge >= 0.3 is 0 Å². The summed E-state index contributed by atoms with van der Waals surface area (Å²) in [7, 11) is 0. The van der Waals surface area contributed by atoms with Crippen LogP contribution < -0.4 is 5.32 Å². The van der Waals surface area contributed by atoms with E-state index >= 15 is 0 Å². The monoisotopic (exact) mass is 274 g/mol. The zero-order chi connectivity index (χ0) is 13.6. The summed E-state index contributed by atoms with van der Waals surface area (Å²) >= 11 is 0. The molecular formula is C17H26N2O. The van der Waals surface area contributed by atoms with Gasteiger partial charge in [-0.25, -0.2) is 0 Å². The van der Waals surface area contributed by atoms with Gasteiger partial charge in [0.2, 0.25) is 0 Å². The number of nitriles is 1. The van der Waals surface area contributed by atoms with Crippen molar-refractivity contribution in [1.82, 2.24) is 5.32 Å². The van der Waals surface area contributed by atoms with Crippen LogP contribution in [0.25, 0.3) is 0 Å². The standard InChI is InChI=1S/C17H26N2O/c18-11-17(1-3-20-4-2-17)19-10-16-14-6-12-5-13(8-14)9-15(16)7-12/h12-16,19H,1-10H2. The smallest absolute Gasteiger partial charge is 0.111 e. The van der Waals surface area contributed by atoms with Crippen molar-refractivity contribution in [1.29, 1.82) is 5.26 Å². The molecule has 1 N–H and O–H groups in total. The molecule has 4 aliphatic carbocycles. The molecule has 20 heavy (non-hydrogen) atoms. The molecule has 3 nitrogen and oxygen atoms in total. The van der Waals surface area contributed by atoms with Gasteiger partial charge in [-0.3, -0.25) is 5.32 Å². The fraction of sp³-hybridized carbons (Fsp3) is 0.941. The Morgan fingerprint density at radius 2 is 1.60 bits per heavy atom. The van der Waals surface area contributed by atoms with E-state index in [1.807, 2.05) is 0 Å². The molecule has 0 amide bonds. The van der Waals surface area contributed by atoms with E-state index < -0.39 is 0 Å². The average molecular weight is 274 g/mol. The Kier molecular flexibility index (Phi) is 3.27. The first kappa shape index (κ1) is 13.1. The Morgan fingerprint density at radius 3 is 2.15 bits per heavy atom. The summed E-state index contributed by atoms with van der Waals surface area (Å²) < 4.78 is 5.42. The predicted octanol–water partition coefficient (Wildman–Crippen LogP) is 2.72. The summed E-state index contributed by atoms with van der Waals surface area (Å²) in [6, 6.07) is 2.55. The van der Waals surface area contributed by atoms with Crippen molar-refractivity contribution in [3.8, 4) is 6.07 Å². The van der Waals surface area contributed by atoms with Crippen LogP contribution in [0.1, 0.15) is 44.9 Å². The van der Waals surface area contributed by atoms with Crippen LogP contribution in [0.15, 0.2) is 0 Å². The fourth-order valence-electron chi connectivity index (χ4n) is 5.73. The van der Waals surface area contributed by atoms with Gasteiger partial charge in [0, 0.05) is 26.1 Å². The van der Waals surface area contributed by atoms with Crippen molar-refractivity contribution in [2.45, 2.75) is 50.5 Å². The Labute approximate surface area is 122 Å². The molecule has 0 aromatic rings. The topological polar surface area (TPSA) is 45.0 Å². The first-order valence-corrected chi connectivity index (χ1v) is 8.52. The molecule has 0 unspecified atom stereocenters. The second-order valence-corrected chi connectivity index (χ2v) is 7.78. The van der Waals surface area contributed by atoms with E-state index in [1.54, 1.807) is 0 Å². The Balaban J connectivity index is 1.41. The number of nitrogens with one attached hydrogen (secondary N) is 1. The van der Waals surface area contributed by atoms with Gasteiger partial charge in [-0.05, 0) is 68.2 Å². The number of rotatable bonds is 3. The van der Waals surface area contributed by atoms with Crippen molar-refractivity contribution in [3.63, 3.8) is 0 Å². The molecule has 1 aliphatic heterocycles. The summed E-state index contributed by atoms with van der Waals surface area (Å²) in [6.07, 6.45) is 9.13. The van der Waals surface area contributed by atoms with E-state index in [-0.39, 0.29) is 5.54 Å². The van der Waals surface area contributed by atoms with Crippen LogP contribution in [0.3, 0.4) is 0 Å². The van der Waals surface area contributed by atoms with E-state index in [9.17, 15) is 5.26 Å². The molecule has 5 rings (SSSR count). The van der Waals surface area contributed by atoms with E-state index in [0.29, 0.717) is 0 Å². The maximum absolute atomic E-state index is 9.56. The third kappa shape index (κ3) is 2.18. The molecule has 110 valence electrons. The SMILES string of the molecule is N#CC1(NCC2C3CC4CC(C3)CC2C4)CCOCC1. The van der Waals surface area contributed by atoms with Crippen LogP contribution in [0.4, 0.5) is 0 Å². The summed E-state index contributed by atoms with van der Waals surface area (Å²) in [5, 5.41) is 13.2. The highest BCUT2D eigenvalue weighted by atomic mass is 16.5. The highest BCUT2D eigenvalue weighted by molar-refractivity contribution is 5.09. The highest BCUT2D eigenvalue weighted by Gasteiger charge is 2.48. The maximum Gasteiger partial charge on any atom is 0.111 e. The lowest BCUT2D eigenvalue weighted by molar-refractivity contribution is -0.0397. The summed E-state index contributed by atoms with van der Waals surface area (Å²) in [6.45, 7) is 2.55. The summed E-state index contributed by atoms with van der Waals surface area (Å²) in [5.74, 6) is 4.84. The van der Waals surface area contributed by atoms with Crippen molar-refractivity contribution in [2.24, 2.45) is 29.6 Å². The summed E-state index contributed by atoms with van der Waals surface area (Å²) in [4.78, 5) is 0. The first-order chi connectivity index (χ1) is 9.78. The number of hydrogen-bond donors (Lipinski definition) is 1. The minimum atomic E-state index is -0.299. The third-order valence-electron chi connectivity index (χ3n) is 6.66. The minimum Gasteiger partial charge on any atom is -0.381 e. The van der Waals surface area contributed by atoms with Gasteiger partial charge in [-0.2, -0.15) is 5.26 Å². The molecule has 5 fully saturated rings. The van der Waals surface area contributed by atoms with Crippen molar-refractivity contribution < 1.29 is 4.74 Å². The van der Waals surface area contributed by atoms with Crippen LogP contribution >= 0.6 is 0 Å². The first-order valence-electron chi connectivity index (χ1n) is 8.52. The van der Waals surface area contributed by atoms with Crippen molar-refractivity contribution >= 4 is 0 Å². The molecule has 3 heteroatoms. The Morgan fingerprint density at radius 1 is 1.00 bits per heavy atom. The third-order valence-corrected chi connectivity index (χ3v) is 6.66. The molecular weight excluding hydrogens is 248 g/mol. The van der Waals surface area contributed by atoms with E-state index in [4.69, 9.17) is 4.74 Å². The normalized spacial score (nSPS) is 45.2. The predicted molar refractivity (Wildman–Crippen MR) is 76.9 cm³/mol. The zero-order valence-electron chi connectivity index (χ0n) is 12.3. The van der Waals surface area contributed by atoms with Crippen molar-refractivity contribution in [2.75, 3.05) is 19.8 Å². The van der Waals surface area contributed by atoms with Gasteiger partial charge in [0.1, 0.15) is 5.54 Å². The maximum atomic E-state index is 9.56. The lowest BCUT2D eigenvalue weighted by Gasteiger charge is -2.55. The molecule has 0 atom stereocenters. The zero-order valence-corrected chi connectivity index (χ0v) is 12.3. The fourth-order valence-corrected chi connectivity index (χ4v) is 5.73. The lowest BCUT2D eigenvalue weighted by Crippen LogP contribution is -2.54. The van der Waals surface area contributed by atoms with Gasteiger partial charge in [0.25, 0.3) is 0 Å². The molecule has 4 saturated carbocycles. The van der Waals surface area contributed by atoms with Gasteiger partial charge < -0.3 is 4.74 Å². The van der Waals surface area contributed by atoms with Crippen LogP contribution in [-0.4, -0.2) is 25.3 Å². The molecule has 4 bridgehead atoms. The number of ether oxygens (including phenoxy) is 1. The Bertz CT molecular complexity index is 380. The van der Waals surface area contributed by atoms with Crippen LogP contribution in [0.2, 0.25) is 0 Å². The molecule has 0 aromatic carbocycles. The van der Waals surface area contributed by atoms with Gasteiger partial charge in [-0.15, -0.1) is 0 Å². The Hall–Kier alpha value is -0.590. The van der Waals surface area contributed by atoms with Gasteiger partial charge in [0.15, 0.2) is 0 Å². The van der Waals surface area contributed by atoms with Crippen LogP contribution in [-0.2, 0) is 4.74 Å². The molecule has 1 heterocycles. The van der Waals surface area contributed by atoms with E-state index in [0.717, 1.165) is 62.2 Å². The highest BCUT2D eigenvalue weighted by Crippen LogP contribution is 2.56. The van der Waals surface area contributed by atoms with Crippen LogP contribution in [0, 0.1) is 40.9 Å². The molecule has 1 saturated heterocycles. The van der Waals surface area contributed by atoms with Crippen LogP contribution in [0.5, 0.6) is 0 Å². The average Bonchev–Trinajstić information content (AvgIpc) is 2.47. The van der Waals surface area contributed by atoms with Gasteiger partial charge in [-0.1, -0.05) is 0 Å². The molecule has 0 aromatic heterocycles. The van der Waals surface area contributed by atoms with Gasteiger partial charge in [0.05, 0.1) is 6.07 Å². The molecule has 5 aliphatic rings.